The lowest BCUT2D eigenvalue weighted by Gasteiger charge is -2.20. The molecule has 5 rings (SSSR count). The van der Waals surface area contributed by atoms with Gasteiger partial charge in [0.05, 0.1) is 17.0 Å². The van der Waals surface area contributed by atoms with Crippen LogP contribution in [0.5, 0.6) is 0 Å². The van der Waals surface area contributed by atoms with Crippen molar-refractivity contribution in [1.82, 2.24) is 14.5 Å². The topological polar surface area (TPSA) is 100 Å². The lowest BCUT2D eigenvalue weighted by Crippen LogP contribution is -2.26. The maximum Gasteiger partial charge on any atom is 0.434 e. The van der Waals surface area contributed by atoms with E-state index in [2.05, 4.69) is 27.1 Å². The average molecular weight is 597 g/mol. The van der Waals surface area contributed by atoms with Crippen LogP contribution >= 0.6 is 22.9 Å². The number of fused-ring (bicyclic) bond motifs is 1. The number of nitrogens with zero attached hydrogens (tertiary/aromatic N) is 3. The second-order valence-corrected chi connectivity index (χ2v) is 11.9. The van der Waals surface area contributed by atoms with Gasteiger partial charge in [0.25, 0.3) is 5.91 Å². The fourth-order valence-corrected chi connectivity index (χ4v) is 6.72. The first-order valence-corrected chi connectivity index (χ1v) is 13.7. The van der Waals surface area contributed by atoms with Gasteiger partial charge in [-0.3, -0.25) is 4.79 Å². The Morgan fingerprint density at radius 1 is 1.27 bits per heavy atom. The molecule has 212 valence electrons. The number of rotatable bonds is 4. The molecule has 2 heterocycles. The van der Waals surface area contributed by atoms with Crippen LogP contribution in [0.25, 0.3) is 0 Å². The predicted octanol–water partition coefficient (Wildman–Crippen LogP) is 5.49. The Morgan fingerprint density at radius 3 is 2.55 bits per heavy atom. The van der Waals surface area contributed by atoms with E-state index in [0.29, 0.717) is 54.1 Å². The number of carbonyl (C=O) groups excluding carboxylic acids is 1. The molecule has 2 aliphatic carbocycles. The maximum absolute atomic E-state index is 13.5. The number of carbonyl (C=O) groups is 1. The number of anilines is 1. The van der Waals surface area contributed by atoms with E-state index in [0.717, 1.165) is 5.38 Å². The van der Waals surface area contributed by atoms with Crippen molar-refractivity contribution in [1.29, 1.82) is 0 Å². The van der Waals surface area contributed by atoms with Crippen molar-refractivity contribution in [2.45, 2.75) is 55.9 Å². The number of benzene rings is 1. The Bertz CT molecular complexity index is 1510. The molecule has 0 radical (unpaired) electrons. The molecule has 0 spiro atoms. The molecular formula is C27H25ClF4N4O3S. The molecule has 2 aromatic heterocycles. The largest absolute Gasteiger partial charge is 0.434 e. The number of aliphatic hydroxyl groups is 2. The lowest BCUT2D eigenvalue weighted by atomic mass is 9.92. The van der Waals surface area contributed by atoms with Gasteiger partial charge in [-0.15, -0.1) is 11.3 Å². The summed E-state index contributed by atoms with van der Waals surface area (Å²) < 4.78 is 53.8. The highest BCUT2D eigenvalue weighted by molar-refractivity contribution is 7.09. The van der Waals surface area contributed by atoms with Crippen LogP contribution in [-0.2, 0) is 18.8 Å². The van der Waals surface area contributed by atoms with Gasteiger partial charge in [-0.2, -0.15) is 13.2 Å². The second-order valence-electron chi connectivity index (χ2n) is 10.7. The van der Waals surface area contributed by atoms with Crippen LogP contribution in [0.3, 0.4) is 0 Å². The first-order chi connectivity index (χ1) is 18.6. The minimum Gasteiger partial charge on any atom is -0.378 e. The third kappa shape index (κ3) is 5.61. The number of alkyl halides is 3. The number of hydrogen-bond acceptors (Lipinski definition) is 6. The molecule has 0 aliphatic heterocycles. The highest BCUT2D eigenvalue weighted by Crippen LogP contribution is 2.54. The molecule has 0 saturated heterocycles. The number of halogens is 5. The van der Waals surface area contributed by atoms with E-state index < -0.39 is 34.8 Å². The molecule has 3 N–H and O–H groups in total. The number of imidazole rings is 1. The highest BCUT2D eigenvalue weighted by Gasteiger charge is 2.49. The first kappa shape index (κ1) is 28.5. The number of amides is 1. The highest BCUT2D eigenvalue weighted by atomic mass is 35.5. The van der Waals surface area contributed by atoms with Gasteiger partial charge in [0.1, 0.15) is 22.1 Å². The molecular weight excluding hydrogens is 572 g/mol. The van der Waals surface area contributed by atoms with Crippen LogP contribution < -0.4 is 5.32 Å². The van der Waals surface area contributed by atoms with Crippen LogP contribution in [0, 0.1) is 29.5 Å². The van der Waals surface area contributed by atoms with Crippen molar-refractivity contribution < 1.29 is 32.6 Å². The second kappa shape index (κ2) is 10.1. The molecule has 7 nitrogen and oxygen atoms in total. The Hall–Kier alpha value is -2.98. The third-order valence-electron chi connectivity index (χ3n) is 7.54. The molecule has 3 atom stereocenters. The molecule has 0 bridgehead atoms. The van der Waals surface area contributed by atoms with Gasteiger partial charge in [-0.25, -0.2) is 14.4 Å². The van der Waals surface area contributed by atoms with E-state index in [-0.39, 0.29) is 27.8 Å². The zero-order chi connectivity index (χ0) is 29.0. The zero-order valence-corrected chi connectivity index (χ0v) is 23.0. The summed E-state index contributed by atoms with van der Waals surface area (Å²) in [4.78, 5) is 21.1. The number of aromatic nitrogens is 3. The van der Waals surface area contributed by atoms with Gasteiger partial charge >= 0.3 is 6.18 Å². The van der Waals surface area contributed by atoms with Crippen molar-refractivity contribution in [3.63, 3.8) is 0 Å². The quantitative estimate of drug-likeness (QED) is 0.273. The maximum atomic E-state index is 13.5. The van der Waals surface area contributed by atoms with Gasteiger partial charge in [-0.1, -0.05) is 23.4 Å². The fourth-order valence-electron chi connectivity index (χ4n) is 5.70. The fraction of sp³-hybridized carbons (Fsp3) is 0.444. The number of thiazole rings is 1. The number of aryl methyl sites for hydroxylation is 1. The Morgan fingerprint density at radius 2 is 1.95 bits per heavy atom. The zero-order valence-electron chi connectivity index (χ0n) is 21.4. The standard InChI is InChI=1S/C27H25ClF4N4O3S/c1-25(38,24-35-20(12-40-24)27(30,31)32)5-6-26(39)10-15-7-14(8-16(15)11-26)21-22(36(2)13-33-21)23(37)34-17-3-4-19(29)18(28)9-17/h3-4,9,12-16,38-39H,7-8,10-11H2,1-2H3,(H,34,37). The summed E-state index contributed by atoms with van der Waals surface area (Å²) >= 11 is 6.49. The van der Waals surface area contributed by atoms with Gasteiger partial charge in [-0.05, 0) is 62.6 Å². The van der Waals surface area contributed by atoms with Crippen molar-refractivity contribution in [3.05, 3.63) is 62.8 Å². The Balaban J connectivity index is 1.27. The number of nitrogens with one attached hydrogen (secondary N) is 1. The lowest BCUT2D eigenvalue weighted by molar-refractivity contribution is -0.140. The molecule has 3 aromatic rings. The van der Waals surface area contributed by atoms with Crippen molar-refractivity contribution in [2.75, 3.05) is 5.32 Å². The van der Waals surface area contributed by atoms with Crippen LogP contribution in [0.15, 0.2) is 29.9 Å². The summed E-state index contributed by atoms with van der Waals surface area (Å²) in [6.07, 6.45) is -1.10. The molecule has 40 heavy (non-hydrogen) atoms. The van der Waals surface area contributed by atoms with E-state index in [1.807, 2.05) is 0 Å². The smallest absolute Gasteiger partial charge is 0.378 e. The van der Waals surface area contributed by atoms with Gasteiger partial charge in [0.15, 0.2) is 11.3 Å². The van der Waals surface area contributed by atoms with E-state index in [4.69, 9.17) is 11.6 Å². The monoisotopic (exact) mass is 596 g/mol. The minimum absolute atomic E-state index is 0.0366. The molecule has 2 aliphatic rings. The summed E-state index contributed by atoms with van der Waals surface area (Å²) in [6, 6.07) is 3.91. The van der Waals surface area contributed by atoms with Crippen molar-refractivity contribution in [2.24, 2.45) is 18.9 Å². The molecule has 1 aromatic carbocycles. The molecule has 2 saturated carbocycles. The summed E-state index contributed by atoms with van der Waals surface area (Å²) in [6.45, 7) is 1.25. The van der Waals surface area contributed by atoms with Gasteiger partial charge < -0.3 is 20.1 Å². The van der Waals surface area contributed by atoms with E-state index >= 15 is 0 Å². The summed E-state index contributed by atoms with van der Waals surface area (Å²) in [7, 11) is 1.71. The first-order valence-electron chi connectivity index (χ1n) is 12.4. The van der Waals surface area contributed by atoms with E-state index in [1.54, 1.807) is 17.9 Å². The van der Waals surface area contributed by atoms with E-state index in [1.165, 1.54) is 25.1 Å². The van der Waals surface area contributed by atoms with Crippen LogP contribution in [-0.4, -0.2) is 36.3 Å². The summed E-state index contributed by atoms with van der Waals surface area (Å²) in [5.74, 6) is 4.39. The molecule has 3 unspecified atom stereocenters. The Kier molecular flexibility index (Phi) is 7.23. The normalized spacial score (nSPS) is 25.7. The molecule has 1 amide bonds. The third-order valence-corrected chi connectivity index (χ3v) is 8.88. The molecule has 13 heteroatoms. The van der Waals surface area contributed by atoms with Crippen molar-refractivity contribution >= 4 is 34.5 Å². The Labute approximate surface area is 236 Å². The van der Waals surface area contributed by atoms with Crippen molar-refractivity contribution in [3.8, 4) is 11.8 Å². The van der Waals surface area contributed by atoms with Gasteiger partial charge in [0, 0.05) is 24.0 Å². The predicted molar refractivity (Wildman–Crippen MR) is 140 cm³/mol. The van der Waals surface area contributed by atoms with Crippen LogP contribution in [0.1, 0.15) is 65.4 Å². The number of hydrogen-bond donors (Lipinski definition) is 3. The summed E-state index contributed by atoms with van der Waals surface area (Å²) in [5, 5.41) is 25.1. The minimum atomic E-state index is -4.63. The van der Waals surface area contributed by atoms with Crippen LogP contribution in [0.2, 0.25) is 5.02 Å². The van der Waals surface area contributed by atoms with Crippen LogP contribution in [0.4, 0.5) is 23.2 Å². The molecule has 2 fully saturated rings. The van der Waals surface area contributed by atoms with E-state index in [9.17, 15) is 32.6 Å². The van der Waals surface area contributed by atoms with Gasteiger partial charge in [0.2, 0.25) is 0 Å². The SMILES string of the molecule is Cn1cnc(C2CC3CC(O)(C#CC(C)(O)c4nc(C(F)(F)F)cs4)CC3C2)c1C(=O)Nc1ccc(F)c(Cl)c1. The average Bonchev–Trinajstić information content (AvgIpc) is 3.62. The summed E-state index contributed by atoms with van der Waals surface area (Å²) in [5.41, 5.74) is -3.10.